The van der Waals surface area contributed by atoms with Crippen molar-refractivity contribution in [2.24, 2.45) is 11.8 Å². The molecule has 0 aromatic heterocycles. The maximum Gasteiger partial charge on any atom is 0.234 e. The molecule has 2 heterocycles. The Morgan fingerprint density at radius 3 is 1.91 bits per heavy atom. The molecule has 0 N–H and O–H groups in total. The van der Waals surface area contributed by atoms with Crippen LogP contribution in [0.2, 0.25) is 0 Å². The first-order valence-electron chi connectivity index (χ1n) is 10.8. The van der Waals surface area contributed by atoms with Crippen molar-refractivity contribution in [1.82, 2.24) is 9.80 Å². The molecule has 0 spiro atoms. The second kappa shape index (κ2) is 8.17. The fourth-order valence-electron chi connectivity index (χ4n) is 5.24. The number of amides is 2. The van der Waals surface area contributed by atoms with Gasteiger partial charge in [-0.25, -0.2) is 0 Å². The predicted octanol–water partition coefficient (Wildman–Crippen LogP) is 3.73. The Balaban J connectivity index is 1.66. The Morgan fingerprint density at radius 2 is 1.28 bits per heavy atom. The van der Waals surface area contributed by atoms with Gasteiger partial charge in [-0.3, -0.25) is 24.2 Å². The molecule has 3 aromatic rings. The molecule has 5 heteroatoms. The van der Waals surface area contributed by atoms with Gasteiger partial charge in [-0.1, -0.05) is 91.0 Å². The molecule has 0 saturated carbocycles. The van der Waals surface area contributed by atoms with Crippen molar-refractivity contribution in [1.29, 1.82) is 0 Å². The molecule has 5 nitrogen and oxygen atoms in total. The predicted molar refractivity (Wildman–Crippen MR) is 120 cm³/mol. The number of hydrogen-bond donors (Lipinski definition) is 0. The van der Waals surface area contributed by atoms with Gasteiger partial charge in [0.05, 0.1) is 17.9 Å². The number of benzene rings is 3. The van der Waals surface area contributed by atoms with E-state index in [9.17, 15) is 14.4 Å². The van der Waals surface area contributed by atoms with Gasteiger partial charge >= 0.3 is 0 Å². The van der Waals surface area contributed by atoms with Gasteiger partial charge in [0, 0.05) is 25.2 Å². The molecule has 5 rings (SSSR count). The molecule has 2 fully saturated rings. The minimum absolute atomic E-state index is 0.119. The summed E-state index contributed by atoms with van der Waals surface area (Å²) in [4.78, 5) is 43.6. The summed E-state index contributed by atoms with van der Waals surface area (Å²) < 4.78 is 0. The molecule has 2 amide bonds. The summed E-state index contributed by atoms with van der Waals surface area (Å²) in [7, 11) is 1.52. The summed E-state index contributed by atoms with van der Waals surface area (Å²) in [6, 6.07) is 27.6. The fourth-order valence-corrected chi connectivity index (χ4v) is 5.24. The van der Waals surface area contributed by atoms with E-state index in [4.69, 9.17) is 0 Å². The Bertz CT molecular complexity index is 1150. The van der Waals surface area contributed by atoms with Crippen molar-refractivity contribution in [3.05, 3.63) is 108 Å². The minimum Gasteiger partial charge on any atom is -0.292 e. The van der Waals surface area contributed by atoms with E-state index in [1.54, 1.807) is 12.1 Å². The average Bonchev–Trinajstić information content (AvgIpc) is 3.28. The van der Waals surface area contributed by atoms with E-state index < -0.39 is 17.9 Å². The number of likely N-dealkylation sites (tertiary alicyclic amines) is 2. The van der Waals surface area contributed by atoms with Crippen molar-refractivity contribution in [2.75, 3.05) is 7.05 Å². The van der Waals surface area contributed by atoms with E-state index in [-0.39, 0.29) is 23.6 Å². The van der Waals surface area contributed by atoms with Crippen molar-refractivity contribution in [2.45, 2.75) is 18.6 Å². The third-order valence-electron chi connectivity index (χ3n) is 6.69. The largest absolute Gasteiger partial charge is 0.292 e. The maximum absolute atomic E-state index is 13.8. The lowest BCUT2D eigenvalue weighted by Gasteiger charge is -2.32. The lowest BCUT2D eigenvalue weighted by Crippen LogP contribution is -2.44. The van der Waals surface area contributed by atoms with Crippen LogP contribution in [-0.2, 0) is 16.1 Å². The SMILES string of the molecule is CN1C(=O)[C@@H]2[C@H](C1=O)[C@H](c1ccccc1)N(Cc1ccccc1)[C@H]2C(=O)c1ccccc1. The van der Waals surface area contributed by atoms with Gasteiger partial charge < -0.3 is 0 Å². The van der Waals surface area contributed by atoms with Gasteiger partial charge in [-0.2, -0.15) is 0 Å². The number of Topliss-reactive ketones (excluding diaryl/α,β-unsaturated/α-hetero) is 1. The Morgan fingerprint density at radius 1 is 0.750 bits per heavy atom. The summed E-state index contributed by atoms with van der Waals surface area (Å²) >= 11 is 0. The molecule has 3 aromatic carbocycles. The van der Waals surface area contributed by atoms with E-state index in [0.717, 1.165) is 11.1 Å². The molecule has 0 aliphatic carbocycles. The molecule has 0 radical (unpaired) electrons. The van der Waals surface area contributed by atoms with E-state index in [1.165, 1.54) is 11.9 Å². The van der Waals surface area contributed by atoms with Crippen LogP contribution in [0.1, 0.15) is 27.5 Å². The monoisotopic (exact) mass is 424 g/mol. The van der Waals surface area contributed by atoms with Crippen LogP contribution in [0.5, 0.6) is 0 Å². The standard InChI is InChI=1S/C27H24N2O3/c1-28-26(31)21-22(27(28)32)24(25(30)20-15-9-4-10-16-20)29(17-18-11-5-2-6-12-18)23(21)19-13-7-3-8-14-19/h2-16,21-24H,17H2,1H3/t21-,22+,23-,24+/m0/s1. The van der Waals surface area contributed by atoms with Gasteiger partial charge in [0.15, 0.2) is 5.78 Å². The number of hydrogen-bond acceptors (Lipinski definition) is 4. The highest BCUT2D eigenvalue weighted by atomic mass is 16.2. The first kappa shape index (κ1) is 20.3. The van der Waals surface area contributed by atoms with E-state index >= 15 is 0 Å². The number of rotatable bonds is 5. The molecular formula is C27H24N2O3. The van der Waals surface area contributed by atoms with Gasteiger partial charge in [0.1, 0.15) is 0 Å². The van der Waals surface area contributed by atoms with Crippen LogP contribution in [0.3, 0.4) is 0 Å². The Hall–Kier alpha value is -3.57. The first-order valence-corrected chi connectivity index (χ1v) is 10.8. The Kier molecular flexibility index (Phi) is 5.19. The van der Waals surface area contributed by atoms with Crippen molar-refractivity contribution >= 4 is 17.6 Å². The summed E-state index contributed by atoms with van der Waals surface area (Å²) in [5.74, 6) is -1.89. The highest BCUT2D eigenvalue weighted by Crippen LogP contribution is 2.50. The van der Waals surface area contributed by atoms with Crippen LogP contribution in [0, 0.1) is 11.8 Å². The minimum atomic E-state index is -0.714. The summed E-state index contributed by atoms with van der Waals surface area (Å²) in [5.41, 5.74) is 2.53. The molecule has 0 unspecified atom stereocenters. The molecule has 4 atom stereocenters. The zero-order valence-electron chi connectivity index (χ0n) is 17.8. The number of imide groups is 1. The van der Waals surface area contributed by atoms with Crippen LogP contribution in [0.4, 0.5) is 0 Å². The highest BCUT2D eigenvalue weighted by Gasteiger charge is 2.63. The van der Waals surface area contributed by atoms with Gasteiger partial charge in [0.2, 0.25) is 11.8 Å². The number of ketones is 1. The zero-order chi connectivity index (χ0) is 22.2. The molecule has 0 bridgehead atoms. The van der Waals surface area contributed by atoms with Gasteiger partial charge in [-0.15, -0.1) is 0 Å². The lowest BCUT2D eigenvalue weighted by atomic mass is 9.84. The molecule has 32 heavy (non-hydrogen) atoms. The number of nitrogens with zero attached hydrogens (tertiary/aromatic N) is 2. The second-order valence-electron chi connectivity index (χ2n) is 8.48. The van der Waals surface area contributed by atoms with Crippen LogP contribution >= 0.6 is 0 Å². The highest BCUT2D eigenvalue weighted by molar-refractivity contribution is 6.11. The topological polar surface area (TPSA) is 57.7 Å². The van der Waals surface area contributed by atoms with Crippen LogP contribution < -0.4 is 0 Å². The molecule has 160 valence electrons. The Labute approximate surface area is 187 Å². The first-order chi connectivity index (χ1) is 15.6. The van der Waals surface area contributed by atoms with Crippen LogP contribution in [-0.4, -0.2) is 40.5 Å². The summed E-state index contributed by atoms with van der Waals surface area (Å²) in [5, 5.41) is 0. The molecular weight excluding hydrogens is 400 g/mol. The van der Waals surface area contributed by atoms with Crippen LogP contribution in [0.15, 0.2) is 91.0 Å². The normalized spacial score (nSPS) is 25.2. The third kappa shape index (κ3) is 3.26. The molecule has 2 saturated heterocycles. The van der Waals surface area contributed by atoms with Crippen molar-refractivity contribution in [3.63, 3.8) is 0 Å². The lowest BCUT2D eigenvalue weighted by molar-refractivity contribution is -0.139. The quantitative estimate of drug-likeness (QED) is 0.463. The van der Waals surface area contributed by atoms with Crippen LogP contribution in [0.25, 0.3) is 0 Å². The second-order valence-corrected chi connectivity index (χ2v) is 8.48. The third-order valence-corrected chi connectivity index (χ3v) is 6.69. The van der Waals surface area contributed by atoms with Crippen molar-refractivity contribution < 1.29 is 14.4 Å². The number of carbonyl (C=O) groups excluding carboxylic acids is 3. The smallest absolute Gasteiger partial charge is 0.234 e. The van der Waals surface area contributed by atoms with Gasteiger partial charge in [0.25, 0.3) is 0 Å². The number of carbonyl (C=O) groups is 3. The fraction of sp³-hybridized carbons (Fsp3) is 0.222. The summed E-state index contributed by atoms with van der Waals surface area (Å²) in [6.07, 6.45) is 0. The van der Waals surface area contributed by atoms with Crippen molar-refractivity contribution in [3.8, 4) is 0 Å². The average molecular weight is 425 g/mol. The van der Waals surface area contributed by atoms with E-state index in [0.29, 0.717) is 12.1 Å². The zero-order valence-corrected chi connectivity index (χ0v) is 17.8. The number of fused-ring (bicyclic) bond motifs is 1. The van der Waals surface area contributed by atoms with E-state index in [1.807, 2.05) is 78.9 Å². The molecule has 2 aliphatic rings. The molecule has 2 aliphatic heterocycles. The summed E-state index contributed by atoms with van der Waals surface area (Å²) in [6.45, 7) is 0.473. The van der Waals surface area contributed by atoms with Gasteiger partial charge in [-0.05, 0) is 11.1 Å². The maximum atomic E-state index is 13.8. The van der Waals surface area contributed by atoms with E-state index in [2.05, 4.69) is 4.90 Å².